The minimum Gasteiger partial charge on any atom is -0.378 e. The molecule has 6 heteroatoms. The molecule has 1 saturated heterocycles. The number of morpholine rings is 1. The van der Waals surface area contributed by atoms with Crippen LogP contribution in [0, 0.1) is 6.92 Å². The third-order valence-corrected chi connectivity index (χ3v) is 3.97. The Kier molecular flexibility index (Phi) is 4.62. The molecule has 3 rings (SSSR count). The number of anilines is 2. The molecule has 1 N–H and O–H groups in total. The fourth-order valence-corrected chi connectivity index (χ4v) is 2.85. The van der Waals surface area contributed by atoms with E-state index in [0.717, 1.165) is 49.1 Å². The molecule has 1 fully saturated rings. The number of benzene rings is 1. The van der Waals surface area contributed by atoms with Gasteiger partial charge in [-0.2, -0.15) is 5.10 Å². The molecule has 6 nitrogen and oxygen atoms in total. The Morgan fingerprint density at radius 3 is 2.74 bits per heavy atom. The Morgan fingerprint density at radius 2 is 2.04 bits per heavy atom. The molecule has 1 aliphatic rings. The third kappa shape index (κ3) is 3.71. The maximum Gasteiger partial charge on any atom is 0.230 e. The topological polar surface area (TPSA) is 59.4 Å². The van der Waals surface area contributed by atoms with E-state index in [-0.39, 0.29) is 5.91 Å². The van der Waals surface area contributed by atoms with Crippen molar-refractivity contribution in [2.45, 2.75) is 13.3 Å². The van der Waals surface area contributed by atoms with E-state index < -0.39 is 0 Å². The van der Waals surface area contributed by atoms with Gasteiger partial charge in [-0.05, 0) is 25.1 Å². The SMILES string of the molecule is Cc1cc(CC(=O)Nc2ccccc2N2CCOCC2)n(C)n1. The zero-order valence-corrected chi connectivity index (χ0v) is 13.6. The summed E-state index contributed by atoms with van der Waals surface area (Å²) in [6, 6.07) is 9.85. The van der Waals surface area contributed by atoms with Gasteiger partial charge in [-0.15, -0.1) is 0 Å². The van der Waals surface area contributed by atoms with Gasteiger partial charge in [0.25, 0.3) is 0 Å². The first-order valence-corrected chi connectivity index (χ1v) is 7.84. The van der Waals surface area contributed by atoms with Gasteiger partial charge in [0.1, 0.15) is 0 Å². The van der Waals surface area contributed by atoms with E-state index in [4.69, 9.17) is 4.74 Å². The van der Waals surface area contributed by atoms with Crippen LogP contribution in [0.15, 0.2) is 30.3 Å². The molecule has 1 amide bonds. The van der Waals surface area contributed by atoms with E-state index in [9.17, 15) is 4.79 Å². The van der Waals surface area contributed by atoms with Crippen LogP contribution in [0.3, 0.4) is 0 Å². The van der Waals surface area contributed by atoms with Crippen LogP contribution in [0.5, 0.6) is 0 Å². The number of hydrogen-bond donors (Lipinski definition) is 1. The van der Waals surface area contributed by atoms with Crippen LogP contribution >= 0.6 is 0 Å². The van der Waals surface area contributed by atoms with Crippen molar-refractivity contribution in [2.24, 2.45) is 7.05 Å². The highest BCUT2D eigenvalue weighted by molar-refractivity contribution is 5.95. The zero-order valence-electron chi connectivity index (χ0n) is 13.6. The smallest absolute Gasteiger partial charge is 0.230 e. The number of aryl methyl sites for hydroxylation is 2. The minimum absolute atomic E-state index is 0.0336. The van der Waals surface area contributed by atoms with Crippen LogP contribution in [0.25, 0.3) is 0 Å². The average molecular weight is 314 g/mol. The second kappa shape index (κ2) is 6.83. The van der Waals surface area contributed by atoms with Gasteiger partial charge < -0.3 is 15.0 Å². The minimum atomic E-state index is -0.0336. The van der Waals surface area contributed by atoms with E-state index >= 15 is 0 Å². The predicted octanol–water partition coefficient (Wildman–Crippen LogP) is 1.75. The van der Waals surface area contributed by atoms with Gasteiger partial charge >= 0.3 is 0 Å². The van der Waals surface area contributed by atoms with Gasteiger partial charge in [0.05, 0.1) is 36.7 Å². The lowest BCUT2D eigenvalue weighted by Gasteiger charge is -2.30. The molecule has 0 bridgehead atoms. The molecule has 1 aromatic heterocycles. The summed E-state index contributed by atoms with van der Waals surface area (Å²) in [5.41, 5.74) is 3.72. The van der Waals surface area contributed by atoms with Crippen LogP contribution in [-0.4, -0.2) is 42.0 Å². The number of nitrogens with one attached hydrogen (secondary N) is 1. The van der Waals surface area contributed by atoms with E-state index in [1.807, 2.05) is 44.3 Å². The molecule has 1 aromatic carbocycles. The summed E-state index contributed by atoms with van der Waals surface area (Å²) >= 11 is 0. The molecule has 2 aromatic rings. The van der Waals surface area contributed by atoms with Crippen molar-refractivity contribution < 1.29 is 9.53 Å². The Hall–Kier alpha value is -2.34. The zero-order chi connectivity index (χ0) is 16.2. The van der Waals surface area contributed by atoms with Crippen molar-refractivity contribution in [3.8, 4) is 0 Å². The molecular formula is C17H22N4O2. The first-order valence-electron chi connectivity index (χ1n) is 7.84. The lowest BCUT2D eigenvalue weighted by Crippen LogP contribution is -2.36. The fourth-order valence-electron chi connectivity index (χ4n) is 2.85. The number of aromatic nitrogens is 2. The standard InChI is InChI=1S/C17H22N4O2/c1-13-11-14(20(2)19-13)12-17(22)18-15-5-3-4-6-16(15)21-7-9-23-10-8-21/h3-6,11H,7-10,12H2,1-2H3,(H,18,22). The second-order valence-corrected chi connectivity index (χ2v) is 5.74. The average Bonchev–Trinajstić information content (AvgIpc) is 2.86. The molecule has 2 heterocycles. The number of carbonyl (C=O) groups excluding carboxylic acids is 1. The molecular weight excluding hydrogens is 292 g/mol. The predicted molar refractivity (Wildman–Crippen MR) is 89.8 cm³/mol. The van der Waals surface area contributed by atoms with Crippen LogP contribution < -0.4 is 10.2 Å². The molecule has 0 unspecified atom stereocenters. The van der Waals surface area contributed by atoms with Crippen LogP contribution in [0.1, 0.15) is 11.4 Å². The number of hydrogen-bond acceptors (Lipinski definition) is 4. The van der Waals surface area contributed by atoms with Gasteiger partial charge in [-0.3, -0.25) is 9.48 Å². The van der Waals surface area contributed by atoms with Gasteiger partial charge in [0, 0.05) is 25.8 Å². The lowest BCUT2D eigenvalue weighted by molar-refractivity contribution is -0.115. The molecule has 0 spiro atoms. The molecule has 0 radical (unpaired) electrons. The summed E-state index contributed by atoms with van der Waals surface area (Å²) in [6.45, 7) is 5.05. The number of ether oxygens (including phenoxy) is 1. The van der Waals surface area contributed by atoms with Crippen molar-refractivity contribution in [3.63, 3.8) is 0 Å². The van der Waals surface area contributed by atoms with Crippen LogP contribution in [-0.2, 0) is 23.0 Å². The molecule has 0 atom stereocenters. The quantitative estimate of drug-likeness (QED) is 0.934. The third-order valence-electron chi connectivity index (χ3n) is 3.97. The number of carbonyl (C=O) groups is 1. The van der Waals surface area contributed by atoms with Gasteiger partial charge in [-0.25, -0.2) is 0 Å². The molecule has 23 heavy (non-hydrogen) atoms. The van der Waals surface area contributed by atoms with Crippen molar-refractivity contribution in [1.29, 1.82) is 0 Å². The Balaban J connectivity index is 1.72. The summed E-state index contributed by atoms with van der Waals surface area (Å²) in [4.78, 5) is 14.6. The summed E-state index contributed by atoms with van der Waals surface area (Å²) in [5, 5.41) is 7.31. The fraction of sp³-hybridized carbons (Fsp3) is 0.412. The Morgan fingerprint density at radius 1 is 1.30 bits per heavy atom. The van der Waals surface area contributed by atoms with Crippen LogP contribution in [0.4, 0.5) is 11.4 Å². The van der Waals surface area contributed by atoms with E-state index in [2.05, 4.69) is 15.3 Å². The monoisotopic (exact) mass is 314 g/mol. The molecule has 0 aliphatic carbocycles. The first kappa shape index (κ1) is 15.6. The maximum absolute atomic E-state index is 12.4. The molecule has 122 valence electrons. The van der Waals surface area contributed by atoms with Crippen molar-refractivity contribution in [3.05, 3.63) is 41.7 Å². The second-order valence-electron chi connectivity index (χ2n) is 5.74. The largest absolute Gasteiger partial charge is 0.378 e. The highest BCUT2D eigenvalue weighted by Crippen LogP contribution is 2.26. The maximum atomic E-state index is 12.4. The highest BCUT2D eigenvalue weighted by Gasteiger charge is 2.16. The Labute approximate surface area is 136 Å². The summed E-state index contributed by atoms with van der Waals surface area (Å²) < 4.78 is 7.15. The Bertz CT molecular complexity index is 690. The number of rotatable bonds is 4. The van der Waals surface area contributed by atoms with Crippen molar-refractivity contribution in [2.75, 3.05) is 36.5 Å². The van der Waals surface area contributed by atoms with E-state index in [1.165, 1.54) is 0 Å². The number of nitrogens with zero attached hydrogens (tertiary/aromatic N) is 3. The van der Waals surface area contributed by atoms with Crippen molar-refractivity contribution in [1.82, 2.24) is 9.78 Å². The van der Waals surface area contributed by atoms with Gasteiger partial charge in [0.2, 0.25) is 5.91 Å². The molecule has 1 aliphatic heterocycles. The first-order chi connectivity index (χ1) is 11.1. The van der Waals surface area contributed by atoms with E-state index in [1.54, 1.807) is 4.68 Å². The number of para-hydroxylation sites is 2. The summed E-state index contributed by atoms with van der Waals surface area (Å²) in [5.74, 6) is -0.0336. The van der Waals surface area contributed by atoms with Gasteiger partial charge in [-0.1, -0.05) is 12.1 Å². The van der Waals surface area contributed by atoms with E-state index in [0.29, 0.717) is 6.42 Å². The summed E-state index contributed by atoms with van der Waals surface area (Å²) in [6.07, 6.45) is 0.314. The van der Waals surface area contributed by atoms with Crippen molar-refractivity contribution >= 4 is 17.3 Å². The number of amides is 1. The molecule has 0 saturated carbocycles. The lowest BCUT2D eigenvalue weighted by atomic mass is 10.2. The summed E-state index contributed by atoms with van der Waals surface area (Å²) in [7, 11) is 1.86. The van der Waals surface area contributed by atoms with Crippen LogP contribution in [0.2, 0.25) is 0 Å². The van der Waals surface area contributed by atoms with Gasteiger partial charge in [0.15, 0.2) is 0 Å². The highest BCUT2D eigenvalue weighted by atomic mass is 16.5. The normalized spacial score (nSPS) is 14.8.